The molecule has 3 nitrogen and oxygen atoms in total. The van der Waals surface area contributed by atoms with Crippen molar-refractivity contribution in [2.75, 3.05) is 0 Å². The quantitative estimate of drug-likeness (QED) is 0.774. The number of hydrogen-bond donors (Lipinski definition) is 0. The molecule has 1 saturated carbocycles. The van der Waals surface area contributed by atoms with Crippen LogP contribution in [0.2, 0.25) is 0 Å². The van der Waals surface area contributed by atoms with Crippen molar-refractivity contribution >= 4 is 11.6 Å². The van der Waals surface area contributed by atoms with Crippen LogP contribution in [0.15, 0.2) is 12.4 Å². The third-order valence-corrected chi connectivity index (χ3v) is 3.67. The Balaban J connectivity index is 1.89. The van der Waals surface area contributed by atoms with Gasteiger partial charge in [0, 0.05) is 0 Å². The second-order valence-electron chi connectivity index (χ2n) is 5.46. The van der Waals surface area contributed by atoms with E-state index < -0.39 is 0 Å². The lowest BCUT2D eigenvalue weighted by molar-refractivity contribution is 0.0945. The van der Waals surface area contributed by atoms with Crippen molar-refractivity contribution in [1.29, 1.82) is 0 Å². The third-order valence-electron chi connectivity index (χ3n) is 3.39. The molecule has 2 rings (SSSR count). The monoisotopic (exact) mass is 254 g/mol. The van der Waals surface area contributed by atoms with Crippen LogP contribution in [0.3, 0.4) is 0 Å². The largest absolute Gasteiger partial charge is 0.473 e. The normalized spacial score (nSPS) is 20.2. The molecule has 1 aromatic rings. The molecule has 1 aliphatic carbocycles. The summed E-state index contributed by atoms with van der Waals surface area (Å²) in [4.78, 5) is 8.38. The SMILES string of the molecule is CC1(C)CCC(Oc2cnc(CCl)cn2)CC1. The molecule has 0 aromatic carbocycles. The van der Waals surface area contributed by atoms with E-state index in [-0.39, 0.29) is 0 Å². The van der Waals surface area contributed by atoms with Gasteiger partial charge in [-0.15, -0.1) is 11.6 Å². The molecule has 94 valence electrons. The molecular weight excluding hydrogens is 236 g/mol. The minimum Gasteiger partial charge on any atom is -0.473 e. The van der Waals surface area contributed by atoms with Gasteiger partial charge in [0.15, 0.2) is 0 Å². The van der Waals surface area contributed by atoms with Gasteiger partial charge in [-0.05, 0) is 31.1 Å². The van der Waals surface area contributed by atoms with E-state index in [1.165, 1.54) is 12.8 Å². The van der Waals surface area contributed by atoms with Gasteiger partial charge in [0.1, 0.15) is 6.10 Å². The van der Waals surface area contributed by atoms with E-state index in [4.69, 9.17) is 16.3 Å². The summed E-state index contributed by atoms with van der Waals surface area (Å²) in [6.45, 7) is 4.64. The highest BCUT2D eigenvalue weighted by atomic mass is 35.5. The number of rotatable bonds is 3. The molecule has 1 aromatic heterocycles. The van der Waals surface area contributed by atoms with Gasteiger partial charge in [0.05, 0.1) is 24.0 Å². The Morgan fingerprint density at radius 3 is 2.53 bits per heavy atom. The van der Waals surface area contributed by atoms with Crippen LogP contribution in [-0.4, -0.2) is 16.1 Å². The van der Waals surface area contributed by atoms with E-state index in [0.717, 1.165) is 18.5 Å². The van der Waals surface area contributed by atoms with Crippen LogP contribution >= 0.6 is 11.6 Å². The molecule has 17 heavy (non-hydrogen) atoms. The number of nitrogens with zero attached hydrogens (tertiary/aromatic N) is 2. The van der Waals surface area contributed by atoms with Crippen LogP contribution in [0.1, 0.15) is 45.2 Å². The van der Waals surface area contributed by atoms with Gasteiger partial charge in [-0.25, -0.2) is 4.98 Å². The molecule has 1 aliphatic rings. The molecule has 0 atom stereocenters. The molecule has 1 heterocycles. The smallest absolute Gasteiger partial charge is 0.232 e. The van der Waals surface area contributed by atoms with Crippen LogP contribution in [0.4, 0.5) is 0 Å². The maximum Gasteiger partial charge on any atom is 0.232 e. The Morgan fingerprint density at radius 1 is 1.29 bits per heavy atom. The molecular formula is C13H19ClN2O. The molecule has 0 bridgehead atoms. The first kappa shape index (κ1) is 12.6. The lowest BCUT2D eigenvalue weighted by atomic mass is 9.76. The fourth-order valence-corrected chi connectivity index (χ4v) is 2.27. The van der Waals surface area contributed by atoms with Gasteiger partial charge < -0.3 is 4.74 Å². The summed E-state index contributed by atoms with van der Waals surface area (Å²) >= 11 is 5.66. The second-order valence-corrected chi connectivity index (χ2v) is 5.73. The average molecular weight is 255 g/mol. The Labute approximate surface area is 108 Å². The summed E-state index contributed by atoms with van der Waals surface area (Å²) in [7, 11) is 0. The summed E-state index contributed by atoms with van der Waals surface area (Å²) in [6, 6.07) is 0. The summed E-state index contributed by atoms with van der Waals surface area (Å²) in [5, 5.41) is 0. The van der Waals surface area contributed by atoms with Crippen molar-refractivity contribution in [3.05, 3.63) is 18.1 Å². The minimum absolute atomic E-state index is 0.291. The van der Waals surface area contributed by atoms with Crippen LogP contribution in [0, 0.1) is 5.41 Å². The molecule has 4 heteroatoms. The van der Waals surface area contributed by atoms with Crippen molar-refractivity contribution in [3.8, 4) is 5.88 Å². The first-order chi connectivity index (χ1) is 8.09. The average Bonchev–Trinajstić information content (AvgIpc) is 2.33. The number of aromatic nitrogens is 2. The van der Waals surface area contributed by atoms with Crippen LogP contribution in [0.5, 0.6) is 5.88 Å². The van der Waals surface area contributed by atoms with Crippen molar-refractivity contribution in [2.45, 2.75) is 51.5 Å². The molecule has 0 aliphatic heterocycles. The van der Waals surface area contributed by atoms with Crippen molar-refractivity contribution in [1.82, 2.24) is 9.97 Å². The van der Waals surface area contributed by atoms with Crippen molar-refractivity contribution < 1.29 is 4.74 Å². The van der Waals surface area contributed by atoms with Gasteiger partial charge in [-0.2, -0.15) is 0 Å². The van der Waals surface area contributed by atoms with E-state index in [1.807, 2.05) is 0 Å². The van der Waals surface area contributed by atoms with Gasteiger partial charge >= 0.3 is 0 Å². The van der Waals surface area contributed by atoms with E-state index in [9.17, 15) is 0 Å². The van der Waals surface area contributed by atoms with E-state index >= 15 is 0 Å². The van der Waals surface area contributed by atoms with E-state index in [2.05, 4.69) is 23.8 Å². The molecule has 0 saturated heterocycles. The molecule has 0 unspecified atom stereocenters. The molecule has 0 amide bonds. The standard InChI is InChI=1S/C13H19ClN2O/c1-13(2)5-3-11(4-6-13)17-12-9-15-10(7-14)8-16-12/h8-9,11H,3-7H2,1-2H3. The highest BCUT2D eigenvalue weighted by Gasteiger charge is 2.27. The molecule has 0 N–H and O–H groups in total. The third kappa shape index (κ3) is 3.56. The van der Waals surface area contributed by atoms with E-state index in [1.54, 1.807) is 12.4 Å². The lowest BCUT2D eigenvalue weighted by Gasteiger charge is -2.33. The Kier molecular flexibility index (Phi) is 3.87. The van der Waals surface area contributed by atoms with E-state index in [0.29, 0.717) is 23.3 Å². The molecule has 1 fully saturated rings. The number of alkyl halides is 1. The van der Waals surface area contributed by atoms with Gasteiger partial charge in [0.25, 0.3) is 0 Å². The highest BCUT2D eigenvalue weighted by molar-refractivity contribution is 6.16. The Hall–Kier alpha value is -0.830. The summed E-state index contributed by atoms with van der Waals surface area (Å²) in [5.41, 5.74) is 1.25. The summed E-state index contributed by atoms with van der Waals surface area (Å²) in [6.07, 6.45) is 8.26. The highest BCUT2D eigenvalue weighted by Crippen LogP contribution is 2.36. The van der Waals surface area contributed by atoms with Gasteiger partial charge in [-0.1, -0.05) is 13.8 Å². The first-order valence-corrected chi connectivity index (χ1v) is 6.66. The Bertz CT molecular complexity index is 354. The number of hydrogen-bond acceptors (Lipinski definition) is 3. The lowest BCUT2D eigenvalue weighted by Crippen LogP contribution is -2.28. The van der Waals surface area contributed by atoms with Gasteiger partial charge in [-0.3, -0.25) is 4.98 Å². The molecule has 0 spiro atoms. The zero-order chi connectivity index (χ0) is 12.3. The van der Waals surface area contributed by atoms with Crippen LogP contribution < -0.4 is 4.74 Å². The predicted molar refractivity (Wildman–Crippen MR) is 68.3 cm³/mol. The fourth-order valence-electron chi connectivity index (χ4n) is 2.13. The topological polar surface area (TPSA) is 35.0 Å². The zero-order valence-corrected chi connectivity index (χ0v) is 11.2. The second kappa shape index (κ2) is 5.21. The maximum absolute atomic E-state index is 5.83. The van der Waals surface area contributed by atoms with Gasteiger partial charge in [0.2, 0.25) is 5.88 Å². The maximum atomic E-state index is 5.83. The predicted octanol–water partition coefficient (Wildman–Crippen LogP) is 3.56. The number of ether oxygens (including phenoxy) is 1. The minimum atomic E-state index is 0.291. The van der Waals surface area contributed by atoms with Crippen LogP contribution in [0.25, 0.3) is 0 Å². The summed E-state index contributed by atoms with van der Waals surface area (Å²) < 4.78 is 5.83. The fraction of sp³-hybridized carbons (Fsp3) is 0.692. The zero-order valence-electron chi connectivity index (χ0n) is 10.4. The first-order valence-electron chi connectivity index (χ1n) is 6.13. The van der Waals surface area contributed by atoms with Crippen LogP contribution in [-0.2, 0) is 5.88 Å². The molecule has 0 radical (unpaired) electrons. The van der Waals surface area contributed by atoms with Crippen molar-refractivity contribution in [2.24, 2.45) is 5.41 Å². The summed E-state index contributed by atoms with van der Waals surface area (Å²) in [5.74, 6) is 1.01. The number of halogens is 1. The Morgan fingerprint density at radius 2 is 2.00 bits per heavy atom. The van der Waals surface area contributed by atoms with Crippen molar-refractivity contribution in [3.63, 3.8) is 0 Å².